The number of amides is 2. The van der Waals surface area contributed by atoms with Gasteiger partial charge in [-0.3, -0.25) is 19.7 Å². The second kappa shape index (κ2) is 4.34. The number of carbonyl (C=O) groups excluding carboxylic acids is 2. The van der Waals surface area contributed by atoms with E-state index in [1.165, 1.54) is 0 Å². The number of anilines is 1. The molecule has 1 N–H and O–H groups in total. The minimum Gasteiger partial charge on any atom is -0.316 e. The number of hydrogen-bond donors (Lipinski definition) is 1. The van der Waals surface area contributed by atoms with Crippen LogP contribution in [0.1, 0.15) is 5.56 Å². The molecule has 2 amide bonds. The Morgan fingerprint density at radius 1 is 1.35 bits per heavy atom. The highest BCUT2D eigenvalue weighted by atomic mass is 35.5. The summed E-state index contributed by atoms with van der Waals surface area (Å²) < 4.78 is 38.3. The van der Waals surface area contributed by atoms with Gasteiger partial charge in [0.05, 0.1) is 10.6 Å². The molecule has 1 heterocycles. The van der Waals surface area contributed by atoms with Crippen molar-refractivity contribution in [2.75, 3.05) is 5.32 Å². The molecule has 1 radical (unpaired) electrons. The van der Waals surface area contributed by atoms with Crippen molar-refractivity contribution in [2.24, 2.45) is 0 Å². The summed E-state index contributed by atoms with van der Waals surface area (Å²) in [6.45, 7) is 0. The van der Waals surface area contributed by atoms with Crippen LogP contribution in [0.4, 0.5) is 30.2 Å². The molecule has 0 unspecified atom stereocenters. The zero-order valence-electron chi connectivity index (χ0n) is 9.12. The van der Waals surface area contributed by atoms with E-state index < -0.39 is 50.6 Å². The molecule has 11 heteroatoms. The second-order valence-electron chi connectivity index (χ2n) is 3.61. The van der Waals surface area contributed by atoms with Crippen LogP contribution >= 0.6 is 11.6 Å². The Labute approximate surface area is 112 Å². The number of nitrogens with zero attached hydrogens (tertiary/aromatic N) is 2. The van der Waals surface area contributed by atoms with E-state index in [1.807, 2.05) is 5.32 Å². The lowest BCUT2D eigenvalue weighted by Gasteiger charge is -2.18. The summed E-state index contributed by atoms with van der Waals surface area (Å²) in [4.78, 5) is 31.5. The van der Waals surface area contributed by atoms with E-state index >= 15 is 0 Å². The summed E-state index contributed by atoms with van der Waals surface area (Å²) in [5.41, 5.74) is -4.16. The van der Waals surface area contributed by atoms with Crippen molar-refractivity contribution in [2.45, 2.75) is 6.18 Å². The van der Waals surface area contributed by atoms with Crippen LogP contribution in [-0.2, 0) is 15.8 Å². The predicted molar refractivity (Wildman–Crippen MR) is 58.5 cm³/mol. The van der Waals surface area contributed by atoms with Crippen molar-refractivity contribution in [1.29, 1.82) is 0 Å². The third kappa shape index (κ3) is 2.13. The van der Waals surface area contributed by atoms with Gasteiger partial charge in [0, 0.05) is 0 Å². The molecule has 1 aliphatic heterocycles. The largest absolute Gasteiger partial charge is 0.423 e. The first-order chi connectivity index (χ1) is 9.12. The standard InChI is InChI=1S/C9H2ClF3N3O4/c10-4-5-3(14-7(17)8(18)15-5)1-2(9(11,12)13)6(4)16(19)20/h1H,(H,14,17). The van der Waals surface area contributed by atoms with Crippen molar-refractivity contribution < 1.29 is 27.7 Å². The lowest BCUT2D eigenvalue weighted by atomic mass is 10.1. The Hall–Kier alpha value is -2.36. The van der Waals surface area contributed by atoms with Gasteiger partial charge in [-0.2, -0.15) is 13.2 Å². The van der Waals surface area contributed by atoms with Crippen molar-refractivity contribution in [3.8, 4) is 0 Å². The highest BCUT2D eigenvalue weighted by molar-refractivity contribution is 6.45. The maximum atomic E-state index is 12.8. The number of rotatable bonds is 1. The van der Waals surface area contributed by atoms with E-state index in [1.54, 1.807) is 0 Å². The summed E-state index contributed by atoms with van der Waals surface area (Å²) in [5, 5.41) is 14.7. The molecule has 0 atom stereocenters. The molecule has 7 nitrogen and oxygen atoms in total. The molecule has 0 aliphatic carbocycles. The molecule has 0 bridgehead atoms. The first-order valence-electron chi connectivity index (χ1n) is 4.78. The monoisotopic (exact) mass is 308 g/mol. The summed E-state index contributed by atoms with van der Waals surface area (Å²) in [5.74, 6) is -2.57. The van der Waals surface area contributed by atoms with Gasteiger partial charge < -0.3 is 5.32 Å². The summed E-state index contributed by atoms with van der Waals surface area (Å²) in [6, 6.07) is 0.313. The second-order valence-corrected chi connectivity index (χ2v) is 3.99. The number of nitro benzene ring substituents is 1. The van der Waals surface area contributed by atoms with E-state index in [9.17, 15) is 32.9 Å². The number of nitro groups is 1. The van der Waals surface area contributed by atoms with Gasteiger partial charge in [-0.1, -0.05) is 11.6 Å². The Morgan fingerprint density at radius 2 is 1.95 bits per heavy atom. The molecule has 105 valence electrons. The van der Waals surface area contributed by atoms with Gasteiger partial charge in [0.15, 0.2) is 0 Å². The number of alkyl halides is 3. The lowest BCUT2D eigenvalue weighted by molar-refractivity contribution is -0.387. The number of nitrogens with one attached hydrogen (secondary N) is 1. The number of carbonyl (C=O) groups is 2. The van der Waals surface area contributed by atoms with Gasteiger partial charge in [-0.25, -0.2) is 5.32 Å². The molecule has 0 saturated heterocycles. The van der Waals surface area contributed by atoms with Crippen LogP contribution in [-0.4, -0.2) is 16.7 Å². The fraction of sp³-hybridized carbons (Fsp3) is 0.111. The van der Waals surface area contributed by atoms with Crippen molar-refractivity contribution in [3.63, 3.8) is 0 Å². The third-order valence-electron chi connectivity index (χ3n) is 2.36. The van der Waals surface area contributed by atoms with Gasteiger partial charge in [0.1, 0.15) is 16.3 Å². The molecular weight excluding hydrogens is 307 g/mol. The summed E-state index contributed by atoms with van der Waals surface area (Å²) in [7, 11) is 0. The van der Waals surface area contributed by atoms with Crippen molar-refractivity contribution >= 4 is 40.5 Å². The van der Waals surface area contributed by atoms with Crippen LogP contribution in [0, 0.1) is 10.1 Å². The van der Waals surface area contributed by atoms with E-state index in [0.29, 0.717) is 6.07 Å². The third-order valence-corrected chi connectivity index (χ3v) is 2.72. The number of hydrogen-bond acceptors (Lipinski definition) is 4. The van der Waals surface area contributed by atoms with E-state index in [0.717, 1.165) is 0 Å². The van der Waals surface area contributed by atoms with Gasteiger partial charge >= 0.3 is 23.7 Å². The molecule has 0 fully saturated rings. The Bertz CT molecular complexity index is 659. The van der Waals surface area contributed by atoms with E-state index in [2.05, 4.69) is 5.32 Å². The van der Waals surface area contributed by atoms with Crippen molar-refractivity contribution in [3.05, 3.63) is 26.8 Å². The minimum absolute atomic E-state index is 0.313. The lowest BCUT2D eigenvalue weighted by Crippen LogP contribution is -2.33. The highest BCUT2D eigenvalue weighted by Crippen LogP contribution is 2.47. The molecule has 0 saturated carbocycles. The van der Waals surface area contributed by atoms with E-state index in [-0.39, 0.29) is 0 Å². The SMILES string of the molecule is O=C1[N]c2c(cc(C(F)(F)F)c([N+](=O)[O-])c2Cl)NC1=O. The minimum atomic E-state index is -5.06. The summed E-state index contributed by atoms with van der Waals surface area (Å²) >= 11 is 5.51. The first-order valence-corrected chi connectivity index (χ1v) is 5.16. The predicted octanol–water partition coefficient (Wildman–Crippen LogP) is 1.98. The molecule has 1 aromatic rings. The van der Waals surface area contributed by atoms with Crippen molar-refractivity contribution in [1.82, 2.24) is 5.32 Å². The highest BCUT2D eigenvalue weighted by Gasteiger charge is 2.43. The van der Waals surface area contributed by atoms with Gasteiger partial charge in [-0.05, 0) is 6.07 Å². The van der Waals surface area contributed by atoms with Crippen LogP contribution in [0.25, 0.3) is 0 Å². The average Bonchev–Trinajstić information content (AvgIpc) is 2.29. The quantitative estimate of drug-likeness (QED) is 0.486. The van der Waals surface area contributed by atoms with E-state index in [4.69, 9.17) is 11.6 Å². The number of benzene rings is 1. The van der Waals surface area contributed by atoms with Gasteiger partial charge in [-0.15, -0.1) is 0 Å². The Balaban J connectivity index is 2.77. The molecule has 20 heavy (non-hydrogen) atoms. The van der Waals surface area contributed by atoms with Crippen LogP contribution in [0.2, 0.25) is 5.02 Å². The number of halogens is 4. The van der Waals surface area contributed by atoms with Crippen LogP contribution in [0.3, 0.4) is 0 Å². The van der Waals surface area contributed by atoms with Crippen LogP contribution in [0.5, 0.6) is 0 Å². The first kappa shape index (κ1) is 14.1. The molecule has 1 aliphatic rings. The smallest absolute Gasteiger partial charge is 0.316 e. The zero-order valence-corrected chi connectivity index (χ0v) is 9.87. The van der Waals surface area contributed by atoms with Gasteiger partial charge in [0.25, 0.3) is 0 Å². The molecule has 0 spiro atoms. The number of fused-ring (bicyclic) bond motifs is 1. The maximum absolute atomic E-state index is 12.8. The fourth-order valence-electron chi connectivity index (χ4n) is 1.56. The zero-order chi connectivity index (χ0) is 15.2. The molecule has 2 rings (SSSR count). The van der Waals surface area contributed by atoms with Crippen LogP contribution in [0.15, 0.2) is 6.07 Å². The molecule has 1 aromatic carbocycles. The Morgan fingerprint density at radius 3 is 2.45 bits per heavy atom. The summed E-state index contributed by atoms with van der Waals surface area (Å²) in [6.07, 6.45) is -5.06. The fourth-order valence-corrected chi connectivity index (χ4v) is 1.87. The maximum Gasteiger partial charge on any atom is 0.423 e. The molecular formula is C9H2ClF3N3O4. The van der Waals surface area contributed by atoms with Gasteiger partial charge in [0.2, 0.25) is 0 Å². The Kier molecular flexibility index (Phi) is 3.05. The topological polar surface area (TPSA) is 103 Å². The molecule has 0 aromatic heterocycles. The van der Waals surface area contributed by atoms with Crippen LogP contribution < -0.4 is 10.6 Å². The normalized spacial score (nSPS) is 14.4. The average molecular weight is 309 g/mol.